The molecule has 4 aromatic rings. The normalized spacial score (nSPS) is 11.3. The number of rotatable bonds is 5. The van der Waals surface area contributed by atoms with Gasteiger partial charge in [0.15, 0.2) is 4.96 Å². The zero-order chi connectivity index (χ0) is 21.4. The molecular weight excluding hydrogens is 402 g/mol. The van der Waals surface area contributed by atoms with E-state index in [4.69, 9.17) is 0 Å². The second-order valence-corrected chi connectivity index (χ2v) is 7.90. The van der Waals surface area contributed by atoms with E-state index in [2.05, 4.69) is 15.3 Å². The molecule has 0 aliphatic carbocycles. The molecule has 30 heavy (non-hydrogen) atoms. The smallest absolute Gasteiger partial charge is 0.258 e. The van der Waals surface area contributed by atoms with Crippen molar-refractivity contribution in [3.05, 3.63) is 73.0 Å². The van der Waals surface area contributed by atoms with Crippen LogP contribution >= 0.6 is 11.3 Å². The Morgan fingerprint density at radius 3 is 2.73 bits per heavy atom. The van der Waals surface area contributed by atoms with Crippen LogP contribution in [0.25, 0.3) is 16.0 Å². The lowest BCUT2D eigenvalue weighted by molar-refractivity contribution is 0.0952. The van der Waals surface area contributed by atoms with E-state index < -0.39 is 5.91 Å². The van der Waals surface area contributed by atoms with Crippen LogP contribution in [0.15, 0.2) is 39.4 Å². The minimum absolute atomic E-state index is 0.0830. The summed E-state index contributed by atoms with van der Waals surface area (Å²) in [5.41, 5.74) is 2.45. The first-order valence-electron chi connectivity index (χ1n) is 9.65. The van der Waals surface area contributed by atoms with Crippen LogP contribution in [0.2, 0.25) is 0 Å². The van der Waals surface area contributed by atoms with Gasteiger partial charge in [0, 0.05) is 54.2 Å². The molecule has 0 atom stereocenters. The number of aromatic nitrogens is 4. The first-order chi connectivity index (χ1) is 14.4. The van der Waals surface area contributed by atoms with Crippen LogP contribution in [0.3, 0.4) is 0 Å². The third kappa shape index (κ3) is 3.52. The highest BCUT2D eigenvalue weighted by Gasteiger charge is 2.16. The number of hydrogen-bond acceptors (Lipinski definition) is 6. The van der Waals surface area contributed by atoms with Gasteiger partial charge in [0.2, 0.25) is 5.43 Å². The molecule has 1 N–H and O–H groups in total. The Hall–Kier alpha value is -3.33. The fraction of sp³-hybridized carbons (Fsp3) is 0.286. The van der Waals surface area contributed by atoms with Crippen molar-refractivity contribution in [1.29, 1.82) is 0 Å². The van der Waals surface area contributed by atoms with E-state index in [9.17, 15) is 14.4 Å². The highest BCUT2D eigenvalue weighted by molar-refractivity contribution is 7.15. The van der Waals surface area contributed by atoms with Crippen LogP contribution in [0.1, 0.15) is 34.4 Å². The molecule has 9 heteroatoms. The van der Waals surface area contributed by atoms with Gasteiger partial charge in [-0.05, 0) is 32.9 Å². The highest BCUT2D eigenvalue weighted by atomic mass is 32.1. The van der Waals surface area contributed by atoms with Crippen molar-refractivity contribution in [3.63, 3.8) is 0 Å². The number of pyridine rings is 2. The molecule has 4 heterocycles. The number of carbonyl (C=O) groups is 1. The molecule has 0 aromatic carbocycles. The van der Waals surface area contributed by atoms with E-state index >= 15 is 0 Å². The Bertz CT molecular complexity index is 1400. The predicted molar refractivity (Wildman–Crippen MR) is 117 cm³/mol. The summed E-state index contributed by atoms with van der Waals surface area (Å²) in [6.45, 7) is 6.46. The quantitative estimate of drug-likeness (QED) is 0.530. The van der Waals surface area contributed by atoms with Gasteiger partial charge in [-0.1, -0.05) is 0 Å². The van der Waals surface area contributed by atoms with E-state index in [1.54, 1.807) is 34.2 Å². The molecule has 0 fully saturated rings. The number of nitrogens with zero attached hydrogens (tertiary/aromatic N) is 4. The second kappa shape index (κ2) is 7.83. The minimum Gasteiger partial charge on any atom is -0.351 e. The number of carbonyl (C=O) groups excluding carboxylic acids is 1. The van der Waals surface area contributed by atoms with Crippen LogP contribution in [0, 0.1) is 13.8 Å². The molecule has 4 aromatic heterocycles. The van der Waals surface area contributed by atoms with Crippen molar-refractivity contribution >= 4 is 33.2 Å². The molecule has 154 valence electrons. The monoisotopic (exact) mass is 423 g/mol. The van der Waals surface area contributed by atoms with Gasteiger partial charge in [0.25, 0.3) is 11.5 Å². The summed E-state index contributed by atoms with van der Waals surface area (Å²) in [7, 11) is 0. The van der Waals surface area contributed by atoms with Crippen LogP contribution < -0.4 is 16.3 Å². The summed E-state index contributed by atoms with van der Waals surface area (Å²) in [5.74, 6) is -0.439. The van der Waals surface area contributed by atoms with Crippen molar-refractivity contribution in [2.24, 2.45) is 0 Å². The highest BCUT2D eigenvalue weighted by Crippen LogP contribution is 2.13. The number of nitrogens with one attached hydrogen (secondary N) is 1. The lowest BCUT2D eigenvalue weighted by atomic mass is 10.1. The average Bonchev–Trinajstić information content (AvgIpc) is 3.11. The summed E-state index contributed by atoms with van der Waals surface area (Å²) in [6, 6.07) is 4.96. The molecule has 8 nitrogen and oxygen atoms in total. The molecule has 0 saturated heterocycles. The molecule has 1 amide bonds. The third-order valence-electron chi connectivity index (χ3n) is 4.92. The molecule has 0 unspecified atom stereocenters. The summed E-state index contributed by atoms with van der Waals surface area (Å²) in [4.78, 5) is 47.2. The summed E-state index contributed by atoms with van der Waals surface area (Å²) in [6.07, 6.45) is 2.01. The Kier molecular flexibility index (Phi) is 5.21. The number of amides is 1. The summed E-state index contributed by atoms with van der Waals surface area (Å²) < 4.78 is 3.36. The first kappa shape index (κ1) is 20.0. The largest absolute Gasteiger partial charge is 0.351 e. The fourth-order valence-corrected chi connectivity index (χ4v) is 4.39. The van der Waals surface area contributed by atoms with Crippen LogP contribution in [0.5, 0.6) is 0 Å². The molecule has 0 aliphatic rings. The van der Waals surface area contributed by atoms with Gasteiger partial charge in [0.05, 0.1) is 5.39 Å². The topological polar surface area (TPSA) is 98.4 Å². The van der Waals surface area contributed by atoms with Crippen molar-refractivity contribution in [2.75, 3.05) is 6.54 Å². The maximum atomic E-state index is 12.8. The molecule has 0 aliphatic heterocycles. The Morgan fingerprint density at radius 2 is 1.97 bits per heavy atom. The lowest BCUT2D eigenvalue weighted by Crippen LogP contribution is -2.32. The Morgan fingerprint density at radius 1 is 1.17 bits per heavy atom. The first-order valence-corrected chi connectivity index (χ1v) is 10.5. The SMILES string of the molecule is CCn1cc(C(=O)NCCc2csc3nc(C)cc(=O)n23)c(=O)c2ccc(C)nc21. The zero-order valence-electron chi connectivity index (χ0n) is 16.9. The Labute approximate surface area is 175 Å². The minimum atomic E-state index is -0.439. The predicted octanol–water partition coefficient (Wildman–Crippen LogP) is 2.08. The van der Waals surface area contributed by atoms with E-state index in [0.29, 0.717) is 41.2 Å². The van der Waals surface area contributed by atoms with Crippen molar-refractivity contribution < 1.29 is 4.79 Å². The Balaban J connectivity index is 1.57. The second-order valence-electron chi connectivity index (χ2n) is 7.07. The fourth-order valence-electron chi connectivity index (χ4n) is 3.42. The number of aryl methyl sites for hydroxylation is 3. The molecular formula is C21H21N5O3S. The van der Waals surface area contributed by atoms with Gasteiger partial charge in [-0.15, -0.1) is 11.3 Å². The van der Waals surface area contributed by atoms with Gasteiger partial charge in [-0.3, -0.25) is 18.8 Å². The molecule has 0 spiro atoms. The van der Waals surface area contributed by atoms with Crippen molar-refractivity contribution in [1.82, 2.24) is 24.3 Å². The van der Waals surface area contributed by atoms with Crippen LogP contribution in [-0.4, -0.2) is 31.4 Å². The molecule has 4 rings (SSSR count). The lowest BCUT2D eigenvalue weighted by Gasteiger charge is -2.11. The van der Waals surface area contributed by atoms with Crippen molar-refractivity contribution in [3.8, 4) is 0 Å². The molecule has 0 saturated carbocycles. The average molecular weight is 423 g/mol. The molecule has 0 radical (unpaired) electrons. The molecule has 0 bridgehead atoms. The van der Waals surface area contributed by atoms with Gasteiger partial charge in [-0.2, -0.15) is 0 Å². The van der Waals surface area contributed by atoms with Crippen LogP contribution in [-0.2, 0) is 13.0 Å². The maximum Gasteiger partial charge on any atom is 0.258 e. The van der Waals surface area contributed by atoms with Crippen LogP contribution in [0.4, 0.5) is 0 Å². The third-order valence-corrected chi connectivity index (χ3v) is 5.79. The summed E-state index contributed by atoms with van der Waals surface area (Å²) in [5, 5.41) is 5.08. The van der Waals surface area contributed by atoms with Gasteiger partial charge < -0.3 is 9.88 Å². The zero-order valence-corrected chi connectivity index (χ0v) is 17.7. The number of hydrogen-bond donors (Lipinski definition) is 1. The van der Waals surface area contributed by atoms with Gasteiger partial charge in [-0.25, -0.2) is 9.97 Å². The van der Waals surface area contributed by atoms with E-state index in [-0.39, 0.29) is 16.6 Å². The van der Waals surface area contributed by atoms with Gasteiger partial charge in [0.1, 0.15) is 11.2 Å². The number of fused-ring (bicyclic) bond motifs is 2. The summed E-state index contributed by atoms with van der Waals surface area (Å²) >= 11 is 1.39. The maximum absolute atomic E-state index is 12.8. The van der Waals surface area contributed by atoms with E-state index in [1.807, 2.05) is 19.2 Å². The van der Waals surface area contributed by atoms with E-state index in [1.165, 1.54) is 17.4 Å². The van der Waals surface area contributed by atoms with Crippen molar-refractivity contribution in [2.45, 2.75) is 33.7 Å². The van der Waals surface area contributed by atoms with Gasteiger partial charge >= 0.3 is 0 Å². The van der Waals surface area contributed by atoms with E-state index in [0.717, 1.165) is 11.4 Å². The standard InChI is InChI=1S/C21H21N5O3S/c1-4-25-10-16(18(28)15-6-5-12(2)23-19(15)25)20(29)22-8-7-14-11-30-21-24-13(3)9-17(27)26(14)21/h5-6,9-11H,4,7-8H2,1-3H3,(H,22,29). The number of thiazole rings is 1.